The van der Waals surface area contributed by atoms with Crippen LogP contribution >= 0.6 is 0 Å². The summed E-state index contributed by atoms with van der Waals surface area (Å²) in [5, 5.41) is 3.33. The predicted octanol–water partition coefficient (Wildman–Crippen LogP) is 2.38. The number of hydrogen-bond donors (Lipinski definition) is 1. The van der Waals surface area contributed by atoms with Gasteiger partial charge in [0.1, 0.15) is 6.61 Å². The van der Waals surface area contributed by atoms with Gasteiger partial charge in [-0.15, -0.1) is 6.58 Å². The van der Waals surface area contributed by atoms with Gasteiger partial charge in [-0.3, -0.25) is 14.9 Å². The van der Waals surface area contributed by atoms with E-state index < -0.39 is 6.04 Å². The van der Waals surface area contributed by atoms with Crippen LogP contribution in [0.4, 0.5) is 0 Å². The minimum absolute atomic E-state index is 0.00122. The third-order valence-electron chi connectivity index (χ3n) is 3.71. The fraction of sp³-hybridized carbons (Fsp3) is 0.333. The van der Waals surface area contributed by atoms with E-state index in [4.69, 9.17) is 4.74 Å². The summed E-state index contributed by atoms with van der Waals surface area (Å²) in [5.74, 6) is -0.557. The molecule has 0 bridgehead atoms. The lowest BCUT2D eigenvalue weighted by Gasteiger charge is -2.31. The van der Waals surface area contributed by atoms with Gasteiger partial charge >= 0.3 is 5.97 Å². The molecule has 1 unspecified atom stereocenters. The van der Waals surface area contributed by atoms with Gasteiger partial charge in [0.25, 0.3) is 0 Å². The zero-order valence-corrected chi connectivity index (χ0v) is 12.7. The summed E-state index contributed by atoms with van der Waals surface area (Å²) in [4.78, 5) is 23.4. The van der Waals surface area contributed by atoms with Crippen LogP contribution in [0.5, 0.6) is 0 Å². The topological polar surface area (TPSA) is 55.4 Å². The number of ether oxygens (including phenoxy) is 1. The first-order chi connectivity index (χ1) is 10.6. The van der Waals surface area contributed by atoms with Gasteiger partial charge in [0.05, 0.1) is 6.04 Å². The highest BCUT2D eigenvalue weighted by atomic mass is 16.5. The van der Waals surface area contributed by atoms with Crippen LogP contribution < -0.4 is 5.32 Å². The average Bonchev–Trinajstić information content (AvgIpc) is 2.51. The lowest BCUT2D eigenvalue weighted by molar-refractivity contribution is -0.142. The highest BCUT2D eigenvalue weighted by Crippen LogP contribution is 2.24. The van der Waals surface area contributed by atoms with Crippen molar-refractivity contribution in [3.8, 4) is 0 Å². The number of esters is 1. The van der Waals surface area contributed by atoms with Gasteiger partial charge in [-0.05, 0) is 18.1 Å². The second-order valence-electron chi connectivity index (χ2n) is 5.36. The van der Waals surface area contributed by atoms with Crippen molar-refractivity contribution in [2.24, 2.45) is 0 Å². The van der Waals surface area contributed by atoms with Crippen molar-refractivity contribution in [3.05, 3.63) is 60.7 Å². The zero-order valence-electron chi connectivity index (χ0n) is 12.7. The average molecular weight is 299 g/mol. The Morgan fingerprint density at radius 3 is 2.77 bits per heavy atom. The second-order valence-corrected chi connectivity index (χ2v) is 5.36. The summed E-state index contributed by atoms with van der Waals surface area (Å²) >= 11 is 0. The number of carbonyl (C=O) groups is 2. The van der Waals surface area contributed by atoms with Crippen molar-refractivity contribution in [2.75, 3.05) is 6.61 Å². The minimum Gasteiger partial charge on any atom is -0.465 e. The number of benzene rings is 1. The first kappa shape index (κ1) is 16.2. The molecule has 4 heteroatoms. The van der Waals surface area contributed by atoms with E-state index in [0.29, 0.717) is 0 Å². The van der Waals surface area contributed by atoms with Crippen molar-refractivity contribution >= 4 is 11.8 Å². The molecule has 1 aromatic carbocycles. The summed E-state index contributed by atoms with van der Waals surface area (Å²) in [7, 11) is 0. The van der Waals surface area contributed by atoms with E-state index in [1.54, 1.807) is 6.08 Å². The van der Waals surface area contributed by atoms with E-state index in [-0.39, 0.29) is 30.3 Å². The van der Waals surface area contributed by atoms with Crippen molar-refractivity contribution < 1.29 is 14.3 Å². The van der Waals surface area contributed by atoms with Crippen molar-refractivity contribution in [1.82, 2.24) is 5.32 Å². The number of hydrogen-bond acceptors (Lipinski definition) is 4. The molecule has 0 aromatic heterocycles. The van der Waals surface area contributed by atoms with Crippen LogP contribution in [0.15, 0.2) is 55.1 Å². The van der Waals surface area contributed by atoms with Gasteiger partial charge in [-0.25, -0.2) is 0 Å². The highest BCUT2D eigenvalue weighted by molar-refractivity contribution is 5.96. The molecule has 0 aliphatic carbocycles. The molecule has 0 saturated carbocycles. The minimum atomic E-state index is -0.406. The van der Waals surface area contributed by atoms with Crippen LogP contribution in [-0.4, -0.2) is 30.4 Å². The van der Waals surface area contributed by atoms with Gasteiger partial charge < -0.3 is 4.74 Å². The molecule has 0 radical (unpaired) electrons. The van der Waals surface area contributed by atoms with Crippen LogP contribution in [0, 0.1) is 0 Å². The van der Waals surface area contributed by atoms with Crippen LogP contribution in [0.3, 0.4) is 0 Å². The standard InChI is InChI=1S/C18H21NO3/c1-3-7-15-10-11-17(21)18(19-15)16(12-22-13(2)20)14-8-5-4-6-9-14/h3-6,8-11,15-16,18-19H,1,7,12H2,2H3/t15?,16-,18-/m0/s1. The first-order valence-electron chi connectivity index (χ1n) is 7.39. The Labute approximate surface area is 130 Å². The smallest absolute Gasteiger partial charge is 0.302 e. The molecule has 0 saturated heterocycles. The van der Waals surface area contributed by atoms with E-state index >= 15 is 0 Å². The normalized spacial score (nSPS) is 22.1. The highest BCUT2D eigenvalue weighted by Gasteiger charge is 2.32. The molecule has 1 N–H and O–H groups in total. The van der Waals surface area contributed by atoms with Crippen LogP contribution in [-0.2, 0) is 14.3 Å². The summed E-state index contributed by atoms with van der Waals surface area (Å²) in [6.07, 6.45) is 6.03. The van der Waals surface area contributed by atoms with Crippen LogP contribution in [0.25, 0.3) is 0 Å². The maximum absolute atomic E-state index is 12.3. The Hall–Kier alpha value is -2.20. The molecule has 1 heterocycles. The third kappa shape index (κ3) is 4.15. The molecule has 3 atom stereocenters. The summed E-state index contributed by atoms with van der Waals surface area (Å²) in [6, 6.07) is 9.32. The Morgan fingerprint density at radius 1 is 1.41 bits per heavy atom. The molecule has 0 spiro atoms. The summed E-state index contributed by atoms with van der Waals surface area (Å²) in [6.45, 7) is 5.28. The van der Waals surface area contributed by atoms with E-state index in [2.05, 4.69) is 11.9 Å². The Morgan fingerprint density at radius 2 is 2.14 bits per heavy atom. The molecular weight excluding hydrogens is 278 g/mol. The van der Waals surface area contributed by atoms with Gasteiger partial charge in [0, 0.05) is 18.9 Å². The van der Waals surface area contributed by atoms with E-state index in [9.17, 15) is 9.59 Å². The fourth-order valence-corrected chi connectivity index (χ4v) is 2.62. The van der Waals surface area contributed by atoms with Gasteiger partial charge in [0.15, 0.2) is 5.78 Å². The molecule has 1 aromatic rings. The largest absolute Gasteiger partial charge is 0.465 e. The first-order valence-corrected chi connectivity index (χ1v) is 7.39. The number of nitrogens with one attached hydrogen (secondary N) is 1. The fourth-order valence-electron chi connectivity index (χ4n) is 2.62. The number of carbonyl (C=O) groups excluding carboxylic acids is 2. The van der Waals surface area contributed by atoms with Crippen molar-refractivity contribution in [1.29, 1.82) is 0 Å². The Balaban J connectivity index is 2.23. The predicted molar refractivity (Wildman–Crippen MR) is 85.5 cm³/mol. The summed E-state index contributed by atoms with van der Waals surface area (Å²) in [5.41, 5.74) is 0.974. The lowest BCUT2D eigenvalue weighted by Crippen LogP contribution is -2.49. The summed E-state index contributed by atoms with van der Waals surface area (Å²) < 4.78 is 5.18. The number of rotatable bonds is 6. The maximum Gasteiger partial charge on any atom is 0.302 e. The monoisotopic (exact) mass is 299 g/mol. The molecule has 22 heavy (non-hydrogen) atoms. The Bertz CT molecular complexity index is 565. The van der Waals surface area contributed by atoms with Crippen molar-refractivity contribution in [2.45, 2.75) is 31.3 Å². The molecule has 0 amide bonds. The molecule has 2 rings (SSSR count). The Kier molecular flexibility index (Phi) is 5.67. The van der Waals surface area contributed by atoms with E-state index in [1.807, 2.05) is 42.5 Å². The van der Waals surface area contributed by atoms with Crippen LogP contribution in [0.1, 0.15) is 24.8 Å². The maximum atomic E-state index is 12.3. The SMILES string of the molecule is C=CCC1C=CC(=O)[C@H]([C@@H](COC(C)=O)c2ccccc2)N1. The molecule has 116 valence electrons. The number of ketones is 1. The van der Waals surface area contributed by atoms with Gasteiger partial charge in [-0.2, -0.15) is 0 Å². The quantitative estimate of drug-likeness (QED) is 0.647. The van der Waals surface area contributed by atoms with Crippen LogP contribution in [0.2, 0.25) is 0 Å². The third-order valence-corrected chi connectivity index (χ3v) is 3.71. The molecule has 0 fully saturated rings. The lowest BCUT2D eigenvalue weighted by atomic mass is 9.86. The van der Waals surface area contributed by atoms with Crippen molar-refractivity contribution in [3.63, 3.8) is 0 Å². The second kappa shape index (κ2) is 7.71. The van der Waals surface area contributed by atoms with E-state index in [0.717, 1.165) is 12.0 Å². The molecule has 1 aliphatic rings. The molecule has 1 aliphatic heterocycles. The zero-order chi connectivity index (χ0) is 15.9. The molecule has 4 nitrogen and oxygen atoms in total. The van der Waals surface area contributed by atoms with Gasteiger partial charge in [0.2, 0.25) is 0 Å². The van der Waals surface area contributed by atoms with E-state index in [1.165, 1.54) is 6.92 Å². The molecular formula is C18H21NO3. The van der Waals surface area contributed by atoms with Gasteiger partial charge in [-0.1, -0.05) is 42.5 Å².